The minimum atomic E-state index is -0.294. The molecule has 104 valence electrons. The zero-order chi connectivity index (χ0) is 13.8. The zero-order valence-corrected chi connectivity index (χ0v) is 13.6. The first-order chi connectivity index (χ1) is 9.09. The Kier molecular flexibility index (Phi) is 5.15. The van der Waals surface area contributed by atoms with E-state index in [4.69, 9.17) is 0 Å². The van der Waals surface area contributed by atoms with Crippen molar-refractivity contribution in [2.24, 2.45) is 0 Å². The van der Waals surface area contributed by atoms with Gasteiger partial charge in [-0.05, 0) is 44.7 Å². The van der Waals surface area contributed by atoms with E-state index in [1.807, 2.05) is 4.90 Å². The first-order valence-electron chi connectivity index (χ1n) is 6.28. The number of halogens is 2. The number of likely N-dealkylation sites (tertiary alicyclic amines) is 1. The fraction of sp³-hybridized carbons (Fsp3) is 0.583. The van der Waals surface area contributed by atoms with Gasteiger partial charge in [-0.25, -0.2) is 4.68 Å². The SMILES string of the molecule is O=C(Cn1ncc(Br)c(Br)c1=O)N1CCCCCC1. The van der Waals surface area contributed by atoms with Gasteiger partial charge in [-0.3, -0.25) is 9.59 Å². The highest BCUT2D eigenvalue weighted by Crippen LogP contribution is 2.16. The number of hydrogen-bond donors (Lipinski definition) is 0. The largest absolute Gasteiger partial charge is 0.341 e. The maximum absolute atomic E-state index is 12.2. The van der Waals surface area contributed by atoms with Gasteiger partial charge in [0.15, 0.2) is 0 Å². The summed E-state index contributed by atoms with van der Waals surface area (Å²) in [5.41, 5.74) is -0.294. The van der Waals surface area contributed by atoms with E-state index in [9.17, 15) is 9.59 Å². The summed E-state index contributed by atoms with van der Waals surface area (Å²) in [6.45, 7) is 1.57. The molecule has 1 aromatic heterocycles. The molecule has 19 heavy (non-hydrogen) atoms. The predicted octanol–water partition coefficient (Wildman–Crippen LogP) is 2.17. The quantitative estimate of drug-likeness (QED) is 0.774. The molecule has 1 aromatic rings. The van der Waals surface area contributed by atoms with E-state index in [-0.39, 0.29) is 18.0 Å². The smallest absolute Gasteiger partial charge is 0.282 e. The summed E-state index contributed by atoms with van der Waals surface area (Å²) >= 11 is 6.40. The van der Waals surface area contributed by atoms with E-state index in [1.165, 1.54) is 23.7 Å². The van der Waals surface area contributed by atoms with Crippen LogP contribution in [0.1, 0.15) is 25.7 Å². The van der Waals surface area contributed by atoms with Gasteiger partial charge in [0.1, 0.15) is 11.0 Å². The molecule has 1 fully saturated rings. The molecule has 0 bridgehead atoms. The number of nitrogens with zero attached hydrogens (tertiary/aromatic N) is 3. The number of rotatable bonds is 2. The molecule has 1 amide bonds. The molecule has 0 aromatic carbocycles. The van der Waals surface area contributed by atoms with Crippen molar-refractivity contribution >= 4 is 37.8 Å². The fourth-order valence-corrected chi connectivity index (χ4v) is 2.67. The zero-order valence-electron chi connectivity index (χ0n) is 10.4. The van der Waals surface area contributed by atoms with Crippen LogP contribution in [0.4, 0.5) is 0 Å². The molecule has 0 atom stereocenters. The average molecular weight is 393 g/mol. The summed E-state index contributed by atoms with van der Waals surface area (Å²) in [5, 5.41) is 3.98. The molecule has 1 saturated heterocycles. The van der Waals surface area contributed by atoms with Crippen molar-refractivity contribution in [3.8, 4) is 0 Å². The summed E-state index contributed by atoms with van der Waals surface area (Å²) in [6.07, 6.45) is 5.94. The first-order valence-corrected chi connectivity index (χ1v) is 7.87. The van der Waals surface area contributed by atoms with Crippen LogP contribution >= 0.6 is 31.9 Å². The van der Waals surface area contributed by atoms with Gasteiger partial charge in [0.05, 0.1) is 10.7 Å². The van der Waals surface area contributed by atoms with Gasteiger partial charge in [-0.1, -0.05) is 12.8 Å². The Labute approximate surface area is 128 Å². The Morgan fingerprint density at radius 2 is 1.84 bits per heavy atom. The standard InChI is InChI=1S/C12H15Br2N3O2/c13-9-7-15-17(12(19)11(9)14)8-10(18)16-5-3-1-2-4-6-16/h7H,1-6,8H2. The van der Waals surface area contributed by atoms with Crippen molar-refractivity contribution in [3.05, 3.63) is 25.5 Å². The highest BCUT2D eigenvalue weighted by Gasteiger charge is 2.17. The lowest BCUT2D eigenvalue weighted by Gasteiger charge is -2.20. The Morgan fingerprint density at radius 3 is 2.47 bits per heavy atom. The summed E-state index contributed by atoms with van der Waals surface area (Å²) in [6, 6.07) is 0. The molecule has 7 heteroatoms. The number of aromatic nitrogens is 2. The van der Waals surface area contributed by atoms with Crippen LogP contribution in [0.2, 0.25) is 0 Å². The minimum Gasteiger partial charge on any atom is -0.341 e. The molecule has 0 saturated carbocycles. The lowest BCUT2D eigenvalue weighted by molar-refractivity contribution is -0.132. The molecule has 5 nitrogen and oxygen atoms in total. The van der Waals surface area contributed by atoms with Crippen molar-refractivity contribution in [1.82, 2.24) is 14.7 Å². The molecule has 1 aliphatic heterocycles. The van der Waals surface area contributed by atoms with Crippen molar-refractivity contribution in [1.29, 1.82) is 0 Å². The Bertz CT molecular complexity index is 522. The first kappa shape index (κ1) is 14.7. The summed E-state index contributed by atoms with van der Waals surface area (Å²) in [5.74, 6) is -0.0364. The van der Waals surface area contributed by atoms with Gasteiger partial charge in [0, 0.05) is 13.1 Å². The molecule has 2 heterocycles. The molecular formula is C12H15Br2N3O2. The second kappa shape index (κ2) is 6.65. The maximum atomic E-state index is 12.2. The molecule has 0 radical (unpaired) electrons. The van der Waals surface area contributed by atoms with Crippen molar-refractivity contribution in [2.75, 3.05) is 13.1 Å². The Balaban J connectivity index is 2.10. The van der Waals surface area contributed by atoms with E-state index >= 15 is 0 Å². The van der Waals surface area contributed by atoms with Crippen LogP contribution in [-0.4, -0.2) is 33.7 Å². The van der Waals surface area contributed by atoms with E-state index in [0.29, 0.717) is 8.95 Å². The number of carbonyl (C=O) groups is 1. The van der Waals surface area contributed by atoms with Crippen LogP contribution in [-0.2, 0) is 11.3 Å². The van der Waals surface area contributed by atoms with Crippen LogP contribution in [0.25, 0.3) is 0 Å². The summed E-state index contributed by atoms with van der Waals surface area (Å²) in [4.78, 5) is 25.9. The third kappa shape index (κ3) is 3.66. The van der Waals surface area contributed by atoms with Gasteiger partial charge in [0.25, 0.3) is 5.56 Å². The molecule has 1 aliphatic rings. The van der Waals surface area contributed by atoms with Gasteiger partial charge in [0.2, 0.25) is 5.91 Å². The fourth-order valence-electron chi connectivity index (χ4n) is 2.11. The molecule has 0 unspecified atom stereocenters. The lowest BCUT2D eigenvalue weighted by atomic mass is 10.2. The van der Waals surface area contributed by atoms with E-state index in [0.717, 1.165) is 25.9 Å². The highest BCUT2D eigenvalue weighted by molar-refractivity contribution is 9.13. The van der Waals surface area contributed by atoms with Crippen molar-refractivity contribution < 1.29 is 4.79 Å². The van der Waals surface area contributed by atoms with Gasteiger partial charge >= 0.3 is 0 Å². The van der Waals surface area contributed by atoms with Crippen molar-refractivity contribution in [2.45, 2.75) is 32.2 Å². The molecule has 0 N–H and O–H groups in total. The van der Waals surface area contributed by atoms with Crippen LogP contribution < -0.4 is 5.56 Å². The van der Waals surface area contributed by atoms with Crippen LogP contribution in [0, 0.1) is 0 Å². The monoisotopic (exact) mass is 391 g/mol. The average Bonchev–Trinajstić information content (AvgIpc) is 2.68. The predicted molar refractivity (Wildman–Crippen MR) is 78.9 cm³/mol. The third-order valence-corrected chi connectivity index (χ3v) is 5.09. The maximum Gasteiger partial charge on any atom is 0.282 e. The molecular weight excluding hydrogens is 378 g/mol. The minimum absolute atomic E-state index is 0.00468. The summed E-state index contributed by atoms with van der Waals surface area (Å²) in [7, 11) is 0. The number of carbonyl (C=O) groups excluding carboxylic acids is 1. The van der Waals surface area contributed by atoms with E-state index in [2.05, 4.69) is 37.0 Å². The van der Waals surface area contributed by atoms with E-state index < -0.39 is 0 Å². The second-order valence-corrected chi connectivity index (χ2v) is 6.21. The van der Waals surface area contributed by atoms with Gasteiger partial charge < -0.3 is 4.90 Å². The molecule has 2 rings (SSSR count). The van der Waals surface area contributed by atoms with E-state index in [1.54, 1.807) is 0 Å². The third-order valence-electron chi connectivity index (χ3n) is 3.19. The van der Waals surface area contributed by atoms with Crippen LogP contribution in [0.5, 0.6) is 0 Å². The Hall–Kier alpha value is -0.690. The van der Waals surface area contributed by atoms with Crippen LogP contribution in [0.3, 0.4) is 0 Å². The summed E-state index contributed by atoms with van der Waals surface area (Å²) < 4.78 is 2.18. The second-order valence-electron chi connectivity index (χ2n) is 4.56. The van der Waals surface area contributed by atoms with Gasteiger partial charge in [-0.2, -0.15) is 5.10 Å². The normalized spacial score (nSPS) is 16.2. The topological polar surface area (TPSA) is 55.2 Å². The highest BCUT2D eigenvalue weighted by atomic mass is 79.9. The van der Waals surface area contributed by atoms with Crippen molar-refractivity contribution in [3.63, 3.8) is 0 Å². The Morgan fingerprint density at radius 1 is 1.21 bits per heavy atom. The molecule has 0 aliphatic carbocycles. The molecule has 0 spiro atoms. The van der Waals surface area contributed by atoms with Gasteiger partial charge in [-0.15, -0.1) is 0 Å². The number of amides is 1. The van der Waals surface area contributed by atoms with Crippen LogP contribution in [0.15, 0.2) is 19.9 Å². The number of hydrogen-bond acceptors (Lipinski definition) is 3. The lowest BCUT2D eigenvalue weighted by Crippen LogP contribution is -2.38.